The maximum atomic E-state index is 12.3. The lowest BCUT2D eigenvalue weighted by Gasteiger charge is -2.29. The van der Waals surface area contributed by atoms with Gasteiger partial charge in [-0.3, -0.25) is 4.79 Å². The SMILES string of the molecule is CC1CN(C(=O)C2CCNCC2)CCCO1.Cl. The second kappa shape index (κ2) is 7.19. The Morgan fingerprint density at radius 1 is 1.35 bits per heavy atom. The molecule has 1 unspecified atom stereocenters. The van der Waals surface area contributed by atoms with Crippen molar-refractivity contribution in [2.75, 3.05) is 32.8 Å². The highest BCUT2D eigenvalue weighted by Crippen LogP contribution is 2.17. The Kier molecular flexibility index (Phi) is 6.23. The molecule has 100 valence electrons. The summed E-state index contributed by atoms with van der Waals surface area (Å²) in [7, 11) is 0. The van der Waals surface area contributed by atoms with Crippen LogP contribution in [-0.2, 0) is 9.53 Å². The third-order valence-corrected chi connectivity index (χ3v) is 3.45. The van der Waals surface area contributed by atoms with Crippen LogP contribution in [0.4, 0.5) is 0 Å². The largest absolute Gasteiger partial charge is 0.377 e. The Bertz CT molecular complexity index is 245. The number of carbonyl (C=O) groups excluding carboxylic acids is 1. The number of rotatable bonds is 1. The first-order valence-corrected chi connectivity index (χ1v) is 6.38. The van der Waals surface area contributed by atoms with Gasteiger partial charge in [0, 0.05) is 25.6 Å². The van der Waals surface area contributed by atoms with E-state index in [1.54, 1.807) is 0 Å². The van der Waals surface area contributed by atoms with Gasteiger partial charge in [0.15, 0.2) is 0 Å². The van der Waals surface area contributed by atoms with E-state index in [-0.39, 0.29) is 24.4 Å². The first-order chi connectivity index (χ1) is 7.77. The summed E-state index contributed by atoms with van der Waals surface area (Å²) in [6.07, 6.45) is 3.14. The smallest absolute Gasteiger partial charge is 0.225 e. The zero-order valence-corrected chi connectivity index (χ0v) is 11.3. The van der Waals surface area contributed by atoms with E-state index in [1.165, 1.54) is 0 Å². The molecule has 0 radical (unpaired) electrons. The van der Waals surface area contributed by atoms with Crippen molar-refractivity contribution in [1.82, 2.24) is 10.2 Å². The predicted molar refractivity (Wildman–Crippen MR) is 69.5 cm³/mol. The Morgan fingerprint density at radius 2 is 2.06 bits per heavy atom. The Hall–Kier alpha value is -0.320. The number of carbonyl (C=O) groups is 1. The van der Waals surface area contributed by atoms with Crippen molar-refractivity contribution in [3.05, 3.63) is 0 Å². The number of halogens is 1. The van der Waals surface area contributed by atoms with E-state index < -0.39 is 0 Å². The summed E-state index contributed by atoms with van der Waals surface area (Å²) in [4.78, 5) is 14.3. The molecule has 2 rings (SSSR count). The fourth-order valence-electron chi connectivity index (χ4n) is 2.52. The van der Waals surface area contributed by atoms with Gasteiger partial charge in [-0.25, -0.2) is 0 Å². The standard InChI is InChI=1S/C12H22N2O2.ClH/c1-10-9-14(7-2-8-16-10)12(15)11-3-5-13-6-4-11;/h10-11,13H,2-9H2,1H3;1H. The van der Waals surface area contributed by atoms with Crippen molar-refractivity contribution in [3.8, 4) is 0 Å². The normalized spacial score (nSPS) is 27.1. The molecule has 0 bridgehead atoms. The average Bonchev–Trinajstić information content (AvgIpc) is 2.54. The number of amides is 1. The molecular formula is C12H23ClN2O2. The van der Waals surface area contributed by atoms with E-state index in [0.29, 0.717) is 5.91 Å². The average molecular weight is 263 g/mol. The number of piperidine rings is 1. The minimum absolute atomic E-state index is 0. The van der Waals surface area contributed by atoms with Crippen LogP contribution in [0.3, 0.4) is 0 Å². The number of hydrogen-bond acceptors (Lipinski definition) is 3. The predicted octanol–water partition coefficient (Wildman–Crippen LogP) is 1.05. The van der Waals surface area contributed by atoms with Crippen molar-refractivity contribution < 1.29 is 9.53 Å². The molecule has 0 saturated carbocycles. The van der Waals surface area contributed by atoms with E-state index in [4.69, 9.17) is 4.74 Å². The summed E-state index contributed by atoms with van der Waals surface area (Å²) in [5, 5.41) is 3.30. The number of ether oxygens (including phenoxy) is 1. The Morgan fingerprint density at radius 3 is 2.76 bits per heavy atom. The minimum atomic E-state index is 0. The van der Waals surface area contributed by atoms with E-state index >= 15 is 0 Å². The van der Waals surface area contributed by atoms with Crippen LogP contribution in [0, 0.1) is 5.92 Å². The van der Waals surface area contributed by atoms with Crippen LogP contribution < -0.4 is 5.32 Å². The second-order valence-electron chi connectivity index (χ2n) is 4.84. The van der Waals surface area contributed by atoms with Crippen LogP contribution in [0.15, 0.2) is 0 Å². The van der Waals surface area contributed by atoms with Gasteiger partial charge in [-0.15, -0.1) is 12.4 Å². The zero-order chi connectivity index (χ0) is 11.4. The highest BCUT2D eigenvalue weighted by molar-refractivity contribution is 5.85. The van der Waals surface area contributed by atoms with Crippen molar-refractivity contribution in [3.63, 3.8) is 0 Å². The summed E-state index contributed by atoms with van der Waals surface area (Å²) >= 11 is 0. The van der Waals surface area contributed by atoms with Gasteiger partial charge in [-0.2, -0.15) is 0 Å². The van der Waals surface area contributed by atoms with E-state index in [9.17, 15) is 4.79 Å². The lowest BCUT2D eigenvalue weighted by molar-refractivity contribution is -0.137. The van der Waals surface area contributed by atoms with Crippen LogP contribution in [0.25, 0.3) is 0 Å². The molecule has 1 N–H and O–H groups in total. The lowest BCUT2D eigenvalue weighted by atomic mass is 9.96. The summed E-state index contributed by atoms with van der Waals surface area (Å²) in [6, 6.07) is 0. The molecule has 0 aromatic heterocycles. The van der Waals surface area contributed by atoms with Crippen LogP contribution >= 0.6 is 12.4 Å². The molecule has 0 aliphatic carbocycles. The molecule has 0 spiro atoms. The topological polar surface area (TPSA) is 41.6 Å². The van der Waals surface area contributed by atoms with Gasteiger partial charge >= 0.3 is 0 Å². The lowest BCUT2D eigenvalue weighted by Crippen LogP contribution is -2.43. The number of hydrogen-bond donors (Lipinski definition) is 1. The number of nitrogens with zero attached hydrogens (tertiary/aromatic N) is 1. The van der Waals surface area contributed by atoms with Crippen molar-refractivity contribution in [2.45, 2.75) is 32.3 Å². The second-order valence-corrected chi connectivity index (χ2v) is 4.84. The molecule has 2 aliphatic heterocycles. The quantitative estimate of drug-likeness (QED) is 0.768. The molecular weight excluding hydrogens is 240 g/mol. The van der Waals surface area contributed by atoms with Gasteiger partial charge in [0.1, 0.15) is 0 Å². The fraction of sp³-hybridized carbons (Fsp3) is 0.917. The monoisotopic (exact) mass is 262 g/mol. The van der Waals surface area contributed by atoms with Crippen LogP contribution in [0.1, 0.15) is 26.2 Å². The van der Waals surface area contributed by atoms with Gasteiger partial charge in [-0.1, -0.05) is 0 Å². The molecule has 5 heteroatoms. The molecule has 17 heavy (non-hydrogen) atoms. The molecule has 2 saturated heterocycles. The molecule has 0 aromatic rings. The summed E-state index contributed by atoms with van der Waals surface area (Å²) in [6.45, 7) is 6.44. The van der Waals surface area contributed by atoms with Crippen molar-refractivity contribution in [1.29, 1.82) is 0 Å². The fourth-order valence-corrected chi connectivity index (χ4v) is 2.52. The summed E-state index contributed by atoms with van der Waals surface area (Å²) in [5.41, 5.74) is 0. The van der Waals surface area contributed by atoms with Gasteiger partial charge in [0.25, 0.3) is 0 Å². The molecule has 2 fully saturated rings. The molecule has 4 nitrogen and oxygen atoms in total. The Balaban J connectivity index is 0.00000144. The highest BCUT2D eigenvalue weighted by atomic mass is 35.5. The van der Waals surface area contributed by atoms with Crippen LogP contribution in [0.5, 0.6) is 0 Å². The van der Waals surface area contributed by atoms with Crippen LogP contribution in [-0.4, -0.2) is 49.7 Å². The molecule has 1 amide bonds. The van der Waals surface area contributed by atoms with E-state index in [2.05, 4.69) is 5.32 Å². The maximum absolute atomic E-state index is 12.3. The summed E-state index contributed by atoms with van der Waals surface area (Å²) in [5.74, 6) is 0.588. The summed E-state index contributed by atoms with van der Waals surface area (Å²) < 4.78 is 5.56. The third-order valence-electron chi connectivity index (χ3n) is 3.45. The number of nitrogens with one attached hydrogen (secondary N) is 1. The Labute approximate surface area is 109 Å². The van der Waals surface area contributed by atoms with Crippen LogP contribution in [0.2, 0.25) is 0 Å². The highest BCUT2D eigenvalue weighted by Gasteiger charge is 2.27. The van der Waals surface area contributed by atoms with Gasteiger partial charge in [-0.05, 0) is 39.3 Å². The van der Waals surface area contributed by atoms with Gasteiger partial charge in [0.05, 0.1) is 6.10 Å². The van der Waals surface area contributed by atoms with Gasteiger partial charge < -0.3 is 15.0 Å². The first-order valence-electron chi connectivity index (χ1n) is 6.38. The zero-order valence-electron chi connectivity index (χ0n) is 10.5. The first kappa shape index (κ1) is 14.7. The minimum Gasteiger partial charge on any atom is -0.377 e. The molecule has 0 aromatic carbocycles. The third kappa shape index (κ3) is 4.12. The van der Waals surface area contributed by atoms with Crippen molar-refractivity contribution >= 4 is 18.3 Å². The molecule has 1 atom stereocenters. The molecule has 2 heterocycles. The van der Waals surface area contributed by atoms with E-state index in [0.717, 1.165) is 52.0 Å². The van der Waals surface area contributed by atoms with Gasteiger partial charge in [0.2, 0.25) is 5.91 Å². The molecule has 2 aliphatic rings. The maximum Gasteiger partial charge on any atom is 0.225 e. The van der Waals surface area contributed by atoms with E-state index in [1.807, 2.05) is 11.8 Å². The van der Waals surface area contributed by atoms with Crippen molar-refractivity contribution in [2.24, 2.45) is 5.92 Å².